The molecule has 0 fully saturated rings. The first-order valence-electron chi connectivity index (χ1n) is 5.77. The molecule has 0 unspecified atom stereocenters. The van der Waals surface area contributed by atoms with E-state index in [4.69, 9.17) is 10.2 Å². The van der Waals surface area contributed by atoms with Gasteiger partial charge in [0, 0.05) is 16.6 Å². The van der Waals surface area contributed by atoms with E-state index in [9.17, 15) is 4.79 Å². The molecule has 0 spiro atoms. The van der Waals surface area contributed by atoms with Crippen molar-refractivity contribution in [1.29, 1.82) is 0 Å². The van der Waals surface area contributed by atoms with Crippen LogP contribution in [0.3, 0.4) is 0 Å². The lowest BCUT2D eigenvalue weighted by Crippen LogP contribution is -2.16. The van der Waals surface area contributed by atoms with E-state index in [1.165, 1.54) is 0 Å². The Hall–Kier alpha value is -2.69. The molecule has 0 aliphatic rings. The molecule has 0 aliphatic carbocycles. The molecule has 19 heavy (non-hydrogen) atoms. The second-order valence-electron chi connectivity index (χ2n) is 4.23. The number of amides is 1. The Bertz CT molecular complexity index is 777. The first-order valence-corrected chi connectivity index (χ1v) is 5.77. The van der Waals surface area contributed by atoms with Crippen molar-refractivity contribution >= 4 is 16.9 Å². The van der Waals surface area contributed by atoms with Crippen LogP contribution in [0, 0.1) is 6.92 Å². The van der Waals surface area contributed by atoms with E-state index in [1.54, 1.807) is 19.3 Å². The number of fused-ring (bicyclic) bond motifs is 1. The number of benzene rings is 1. The Morgan fingerprint density at radius 2 is 2.05 bits per heavy atom. The number of hydrogen-bond acceptors (Lipinski definition) is 4. The molecule has 1 amide bonds. The van der Waals surface area contributed by atoms with Crippen LogP contribution in [0.25, 0.3) is 22.2 Å². The Kier molecular flexibility index (Phi) is 2.52. The second kappa shape index (κ2) is 4.20. The first-order chi connectivity index (χ1) is 9.15. The fourth-order valence-electron chi connectivity index (χ4n) is 1.99. The molecule has 0 saturated carbocycles. The van der Waals surface area contributed by atoms with Gasteiger partial charge >= 0.3 is 0 Å². The quantitative estimate of drug-likeness (QED) is 0.759. The molecule has 0 bridgehead atoms. The monoisotopic (exact) mass is 253 g/mol. The summed E-state index contributed by atoms with van der Waals surface area (Å²) in [7, 11) is 0. The summed E-state index contributed by atoms with van der Waals surface area (Å²) < 4.78 is 5.47. The van der Waals surface area contributed by atoms with Crippen molar-refractivity contribution in [2.45, 2.75) is 6.92 Å². The number of aryl methyl sites for hydroxylation is 1. The topological polar surface area (TPSA) is 82.0 Å². The van der Waals surface area contributed by atoms with Crippen molar-refractivity contribution < 1.29 is 9.21 Å². The van der Waals surface area contributed by atoms with Gasteiger partial charge < -0.3 is 10.2 Å². The van der Waals surface area contributed by atoms with Gasteiger partial charge in [0.2, 0.25) is 5.82 Å². The minimum Gasteiger partial charge on any atom is -0.464 e. The predicted molar refractivity (Wildman–Crippen MR) is 70.5 cm³/mol. The lowest BCUT2D eigenvalue weighted by molar-refractivity contribution is 0.0990. The zero-order valence-corrected chi connectivity index (χ0v) is 10.3. The highest BCUT2D eigenvalue weighted by atomic mass is 16.3. The van der Waals surface area contributed by atoms with Crippen LogP contribution in [0.15, 0.2) is 41.0 Å². The summed E-state index contributed by atoms with van der Waals surface area (Å²) in [6.07, 6.45) is 1.62. The average Bonchev–Trinajstić information content (AvgIpc) is 2.81. The largest absolute Gasteiger partial charge is 0.464 e. The van der Waals surface area contributed by atoms with Crippen LogP contribution in [0.4, 0.5) is 0 Å². The highest BCUT2D eigenvalue weighted by Gasteiger charge is 2.13. The number of hydrogen-bond donors (Lipinski definition) is 1. The van der Waals surface area contributed by atoms with Gasteiger partial charge in [-0.25, -0.2) is 9.97 Å². The van der Waals surface area contributed by atoms with Crippen LogP contribution >= 0.6 is 0 Å². The highest BCUT2D eigenvalue weighted by molar-refractivity contribution is 5.94. The van der Waals surface area contributed by atoms with Gasteiger partial charge in [0.25, 0.3) is 5.91 Å². The summed E-state index contributed by atoms with van der Waals surface area (Å²) in [6.45, 7) is 1.79. The molecule has 0 saturated heterocycles. The molecule has 5 nitrogen and oxygen atoms in total. The van der Waals surface area contributed by atoms with Gasteiger partial charge in [-0.15, -0.1) is 0 Å². The Labute approximate surface area is 109 Å². The van der Waals surface area contributed by atoms with E-state index in [2.05, 4.69) is 9.97 Å². The van der Waals surface area contributed by atoms with Crippen molar-refractivity contribution in [3.63, 3.8) is 0 Å². The van der Waals surface area contributed by atoms with Crippen molar-refractivity contribution in [3.05, 3.63) is 48.1 Å². The summed E-state index contributed by atoms with van der Waals surface area (Å²) in [4.78, 5) is 19.4. The fraction of sp³-hybridized carbons (Fsp3) is 0.0714. The maximum Gasteiger partial charge on any atom is 0.286 e. The number of nitrogens with two attached hydrogens (primary N) is 1. The zero-order valence-electron chi connectivity index (χ0n) is 10.3. The van der Waals surface area contributed by atoms with Crippen molar-refractivity contribution in [2.75, 3.05) is 0 Å². The maximum atomic E-state index is 11.2. The van der Waals surface area contributed by atoms with Gasteiger partial charge in [-0.05, 0) is 19.1 Å². The van der Waals surface area contributed by atoms with E-state index in [0.29, 0.717) is 11.4 Å². The van der Waals surface area contributed by atoms with Crippen LogP contribution in [0.5, 0.6) is 0 Å². The van der Waals surface area contributed by atoms with Gasteiger partial charge in [-0.2, -0.15) is 0 Å². The molecule has 3 aromatic rings. The van der Waals surface area contributed by atoms with Gasteiger partial charge in [0.1, 0.15) is 11.8 Å². The van der Waals surface area contributed by atoms with E-state index >= 15 is 0 Å². The Morgan fingerprint density at radius 1 is 1.26 bits per heavy atom. The number of carbonyl (C=O) groups is 1. The molecular weight excluding hydrogens is 242 g/mol. The third-order valence-electron chi connectivity index (χ3n) is 2.83. The molecule has 0 radical (unpaired) electrons. The maximum absolute atomic E-state index is 11.2. The second-order valence-corrected chi connectivity index (χ2v) is 4.23. The lowest BCUT2D eigenvalue weighted by Gasteiger charge is -2.02. The van der Waals surface area contributed by atoms with Crippen molar-refractivity contribution in [1.82, 2.24) is 9.97 Å². The Morgan fingerprint density at radius 3 is 2.84 bits per heavy atom. The molecule has 2 heterocycles. The number of carbonyl (C=O) groups excluding carboxylic acids is 1. The smallest absolute Gasteiger partial charge is 0.286 e. The van der Waals surface area contributed by atoms with Gasteiger partial charge in [0.15, 0.2) is 0 Å². The number of furan rings is 1. The van der Waals surface area contributed by atoms with Gasteiger partial charge in [0.05, 0.1) is 5.69 Å². The molecule has 94 valence electrons. The van der Waals surface area contributed by atoms with Crippen LogP contribution in [-0.2, 0) is 0 Å². The lowest BCUT2D eigenvalue weighted by atomic mass is 10.1. The number of primary amides is 1. The van der Waals surface area contributed by atoms with E-state index in [0.717, 1.165) is 16.5 Å². The zero-order chi connectivity index (χ0) is 13.4. The van der Waals surface area contributed by atoms with Crippen LogP contribution in [0.2, 0.25) is 0 Å². The van der Waals surface area contributed by atoms with E-state index in [-0.39, 0.29) is 5.82 Å². The highest BCUT2D eigenvalue weighted by Crippen LogP contribution is 2.29. The fourth-order valence-corrected chi connectivity index (χ4v) is 1.99. The minimum atomic E-state index is -0.641. The third kappa shape index (κ3) is 1.95. The van der Waals surface area contributed by atoms with Gasteiger partial charge in [-0.3, -0.25) is 4.79 Å². The minimum absolute atomic E-state index is 0.0141. The number of para-hydroxylation sites is 1. The van der Waals surface area contributed by atoms with Crippen LogP contribution in [-0.4, -0.2) is 15.9 Å². The van der Waals surface area contributed by atoms with Crippen LogP contribution in [0.1, 0.15) is 16.3 Å². The molecule has 3 rings (SSSR count). The molecule has 0 aliphatic heterocycles. The molecule has 2 N–H and O–H groups in total. The molecule has 1 aromatic carbocycles. The Balaban J connectivity index is 2.24. The normalized spacial score (nSPS) is 10.8. The number of rotatable bonds is 2. The SMILES string of the molecule is Cc1cc(-c2coc3ccccc23)nc(C(N)=O)n1. The standard InChI is InChI=1S/C14H11N3O2/c1-8-6-11(17-14(16-8)13(15)18)10-7-19-12-5-3-2-4-9(10)12/h2-7H,1H3,(H2,15,18). The third-order valence-corrected chi connectivity index (χ3v) is 2.83. The number of nitrogens with zero attached hydrogens (tertiary/aromatic N) is 2. The van der Waals surface area contributed by atoms with E-state index < -0.39 is 5.91 Å². The summed E-state index contributed by atoms with van der Waals surface area (Å²) in [5.41, 5.74) is 8.14. The van der Waals surface area contributed by atoms with Crippen molar-refractivity contribution in [3.8, 4) is 11.3 Å². The van der Waals surface area contributed by atoms with Crippen molar-refractivity contribution in [2.24, 2.45) is 5.73 Å². The summed E-state index contributed by atoms with van der Waals surface area (Å²) in [5, 5.41) is 0.941. The van der Waals surface area contributed by atoms with Crippen LogP contribution < -0.4 is 5.73 Å². The predicted octanol–water partition coefficient (Wildman–Crippen LogP) is 2.30. The summed E-state index contributed by atoms with van der Waals surface area (Å²) in [5.74, 6) is -0.627. The first kappa shape index (κ1) is 11.4. The molecule has 5 heteroatoms. The number of aromatic nitrogens is 2. The molecule has 0 atom stereocenters. The van der Waals surface area contributed by atoms with E-state index in [1.807, 2.05) is 24.3 Å². The average molecular weight is 253 g/mol. The molecule has 2 aromatic heterocycles. The van der Waals surface area contributed by atoms with Gasteiger partial charge in [-0.1, -0.05) is 18.2 Å². The summed E-state index contributed by atoms with van der Waals surface area (Å²) in [6, 6.07) is 9.43. The molecular formula is C14H11N3O2. The summed E-state index contributed by atoms with van der Waals surface area (Å²) >= 11 is 0.